The SMILES string of the molecule is O=C(O)C(F)(F)F.O=S(=O)(NCC1CCC2(CN(Cc3ccco3)C2)OC1)C1CC1. The number of carboxylic acid groups (broad SMARTS) is 1. The zero-order chi connectivity index (χ0) is 22.0. The fourth-order valence-corrected chi connectivity index (χ4v) is 5.02. The second-order valence-corrected chi connectivity index (χ2v) is 10.1. The minimum Gasteiger partial charge on any atom is -0.475 e. The molecule has 1 saturated carbocycles. The molecule has 1 aromatic rings. The summed E-state index contributed by atoms with van der Waals surface area (Å²) in [5.41, 5.74) is -0.0154. The summed E-state index contributed by atoms with van der Waals surface area (Å²) in [4.78, 5) is 11.2. The molecule has 3 aliphatic rings. The summed E-state index contributed by atoms with van der Waals surface area (Å²) in [5.74, 6) is -1.47. The number of alkyl halides is 3. The van der Waals surface area contributed by atoms with Crippen LogP contribution >= 0.6 is 0 Å². The molecule has 1 aromatic heterocycles. The molecule has 2 N–H and O–H groups in total. The van der Waals surface area contributed by atoms with Crippen LogP contribution in [0.15, 0.2) is 22.8 Å². The van der Waals surface area contributed by atoms with Crippen molar-refractivity contribution < 1.29 is 40.6 Å². The van der Waals surface area contributed by atoms with Crippen LogP contribution in [0.5, 0.6) is 0 Å². The Hall–Kier alpha value is -1.63. The Morgan fingerprint density at radius 2 is 1.97 bits per heavy atom. The molecule has 0 bridgehead atoms. The topological polar surface area (TPSA) is 109 Å². The van der Waals surface area contributed by atoms with Crippen molar-refractivity contribution in [2.24, 2.45) is 5.92 Å². The molecule has 170 valence electrons. The highest BCUT2D eigenvalue weighted by atomic mass is 32.2. The maximum atomic E-state index is 11.9. The van der Waals surface area contributed by atoms with Crippen molar-refractivity contribution in [3.8, 4) is 0 Å². The quantitative estimate of drug-likeness (QED) is 0.677. The van der Waals surface area contributed by atoms with Crippen molar-refractivity contribution in [3.63, 3.8) is 0 Å². The summed E-state index contributed by atoms with van der Waals surface area (Å²) < 4.78 is 69.7. The first kappa shape index (κ1) is 23.0. The van der Waals surface area contributed by atoms with Crippen molar-refractivity contribution in [2.75, 3.05) is 26.2 Å². The van der Waals surface area contributed by atoms with E-state index < -0.39 is 22.2 Å². The molecule has 30 heavy (non-hydrogen) atoms. The Kier molecular flexibility index (Phi) is 6.80. The van der Waals surface area contributed by atoms with Crippen LogP contribution in [0, 0.1) is 5.92 Å². The van der Waals surface area contributed by atoms with Crippen LogP contribution in [-0.4, -0.2) is 67.7 Å². The number of aliphatic carboxylic acids is 1. The Morgan fingerprint density at radius 1 is 1.30 bits per heavy atom. The number of nitrogens with zero attached hydrogens (tertiary/aromatic N) is 1. The van der Waals surface area contributed by atoms with Gasteiger partial charge in [-0.25, -0.2) is 17.9 Å². The standard InChI is InChI=1S/C16H24N2O4S.C2HF3O2/c19-23(20,15-3-4-15)17-8-13-5-6-16(22-10-13)11-18(12-16)9-14-2-1-7-21-14;3-2(4,5)1(6)7/h1-2,7,13,15,17H,3-6,8-12H2;(H,6,7). The zero-order valence-electron chi connectivity index (χ0n) is 16.2. The van der Waals surface area contributed by atoms with Gasteiger partial charge in [-0.05, 0) is 43.7 Å². The van der Waals surface area contributed by atoms with E-state index >= 15 is 0 Å². The van der Waals surface area contributed by atoms with Crippen molar-refractivity contribution in [3.05, 3.63) is 24.2 Å². The molecule has 8 nitrogen and oxygen atoms in total. The number of hydrogen-bond donors (Lipinski definition) is 2. The molecule has 1 unspecified atom stereocenters. The second-order valence-electron chi connectivity index (χ2n) is 8.02. The van der Waals surface area contributed by atoms with Crippen LogP contribution in [0.1, 0.15) is 31.4 Å². The van der Waals surface area contributed by atoms with Gasteiger partial charge < -0.3 is 14.3 Å². The maximum absolute atomic E-state index is 11.9. The molecule has 12 heteroatoms. The van der Waals surface area contributed by atoms with E-state index in [1.807, 2.05) is 12.1 Å². The third kappa shape index (κ3) is 6.19. The summed E-state index contributed by atoms with van der Waals surface area (Å²) in [6, 6.07) is 3.91. The van der Waals surface area contributed by atoms with E-state index in [0.29, 0.717) is 19.1 Å². The number of likely N-dealkylation sites (tertiary alicyclic amines) is 1. The lowest BCUT2D eigenvalue weighted by Gasteiger charge is -2.52. The Bertz CT molecular complexity index is 807. The molecule has 3 fully saturated rings. The highest BCUT2D eigenvalue weighted by Gasteiger charge is 2.47. The first-order chi connectivity index (χ1) is 14.0. The monoisotopic (exact) mass is 454 g/mol. The summed E-state index contributed by atoms with van der Waals surface area (Å²) in [7, 11) is -3.07. The van der Waals surface area contributed by atoms with Gasteiger partial charge in [0.2, 0.25) is 10.0 Å². The summed E-state index contributed by atoms with van der Waals surface area (Å²) in [6.45, 7) is 3.89. The molecular formula is C18H25F3N2O6S. The van der Waals surface area contributed by atoms with E-state index in [-0.39, 0.29) is 10.9 Å². The molecule has 2 saturated heterocycles. The van der Waals surface area contributed by atoms with Crippen LogP contribution in [0.2, 0.25) is 0 Å². The number of nitrogens with one attached hydrogen (secondary N) is 1. The number of sulfonamides is 1. The molecule has 1 aliphatic carbocycles. The molecule has 0 aromatic carbocycles. The molecule has 0 amide bonds. The van der Waals surface area contributed by atoms with Crippen molar-refractivity contribution in [2.45, 2.75) is 49.3 Å². The minimum absolute atomic E-state index is 0.0154. The fourth-order valence-electron chi connectivity index (χ4n) is 3.56. The van der Waals surface area contributed by atoms with E-state index in [2.05, 4.69) is 9.62 Å². The predicted octanol–water partition coefficient (Wildman–Crippen LogP) is 1.98. The summed E-state index contributed by atoms with van der Waals surface area (Å²) in [6.07, 6.45) is 0.283. The summed E-state index contributed by atoms with van der Waals surface area (Å²) in [5, 5.41) is 6.99. The van der Waals surface area contributed by atoms with Crippen LogP contribution in [0.3, 0.4) is 0 Å². The van der Waals surface area contributed by atoms with Crippen molar-refractivity contribution >= 4 is 16.0 Å². The Morgan fingerprint density at radius 3 is 2.43 bits per heavy atom. The molecule has 0 radical (unpaired) electrons. The fraction of sp³-hybridized carbons (Fsp3) is 0.722. The maximum Gasteiger partial charge on any atom is 0.490 e. The minimum atomic E-state index is -5.08. The highest BCUT2D eigenvalue weighted by molar-refractivity contribution is 7.90. The Balaban J connectivity index is 0.000000318. The average molecular weight is 454 g/mol. The van der Waals surface area contributed by atoms with Crippen LogP contribution in [0.4, 0.5) is 13.2 Å². The highest BCUT2D eigenvalue weighted by Crippen LogP contribution is 2.37. The number of hydrogen-bond acceptors (Lipinski definition) is 6. The molecule has 1 atom stereocenters. The normalized spacial score (nSPS) is 24.0. The predicted molar refractivity (Wildman–Crippen MR) is 99.0 cm³/mol. The van der Waals surface area contributed by atoms with Crippen LogP contribution in [0.25, 0.3) is 0 Å². The number of ether oxygens (including phenoxy) is 1. The lowest BCUT2D eigenvalue weighted by molar-refractivity contribution is -0.192. The van der Waals surface area contributed by atoms with Gasteiger partial charge in [-0.1, -0.05) is 0 Å². The van der Waals surface area contributed by atoms with E-state index in [1.165, 1.54) is 0 Å². The van der Waals surface area contributed by atoms with Gasteiger partial charge in [0.1, 0.15) is 5.76 Å². The van der Waals surface area contributed by atoms with E-state index in [9.17, 15) is 21.6 Å². The lowest BCUT2D eigenvalue weighted by Crippen LogP contribution is -2.64. The molecule has 3 heterocycles. The van der Waals surface area contributed by atoms with Crippen molar-refractivity contribution in [1.29, 1.82) is 0 Å². The third-order valence-electron chi connectivity index (χ3n) is 5.40. The van der Waals surface area contributed by atoms with E-state index in [4.69, 9.17) is 19.1 Å². The largest absolute Gasteiger partial charge is 0.490 e. The van der Waals surface area contributed by atoms with Gasteiger partial charge in [-0.3, -0.25) is 4.90 Å². The summed E-state index contributed by atoms with van der Waals surface area (Å²) >= 11 is 0. The van der Waals surface area contributed by atoms with Gasteiger partial charge in [0, 0.05) is 19.6 Å². The van der Waals surface area contributed by atoms with Gasteiger partial charge in [-0.2, -0.15) is 13.2 Å². The van der Waals surface area contributed by atoms with Crippen LogP contribution < -0.4 is 4.72 Å². The molecule has 1 spiro atoms. The van der Waals surface area contributed by atoms with E-state index in [0.717, 1.165) is 51.1 Å². The van der Waals surface area contributed by atoms with Gasteiger partial charge >= 0.3 is 12.1 Å². The Labute approximate surface area is 172 Å². The third-order valence-corrected chi connectivity index (χ3v) is 7.31. The number of carbonyl (C=O) groups is 1. The number of carboxylic acids is 1. The molecule has 2 aliphatic heterocycles. The average Bonchev–Trinajstić information content (AvgIpc) is 3.39. The first-order valence-corrected chi connectivity index (χ1v) is 11.2. The zero-order valence-corrected chi connectivity index (χ0v) is 17.0. The van der Waals surface area contributed by atoms with Gasteiger partial charge in [-0.15, -0.1) is 0 Å². The smallest absolute Gasteiger partial charge is 0.475 e. The first-order valence-electron chi connectivity index (χ1n) is 9.66. The molecule has 4 rings (SSSR count). The van der Waals surface area contributed by atoms with Gasteiger partial charge in [0.25, 0.3) is 0 Å². The lowest BCUT2D eigenvalue weighted by atomic mass is 9.83. The van der Waals surface area contributed by atoms with Gasteiger partial charge in [0.05, 0.1) is 30.3 Å². The van der Waals surface area contributed by atoms with Crippen LogP contribution in [-0.2, 0) is 26.1 Å². The molecular weight excluding hydrogens is 429 g/mol. The number of rotatable bonds is 6. The van der Waals surface area contributed by atoms with E-state index in [1.54, 1.807) is 6.26 Å². The van der Waals surface area contributed by atoms with Gasteiger partial charge in [0.15, 0.2) is 0 Å². The second kappa shape index (κ2) is 8.85. The van der Waals surface area contributed by atoms with Crippen molar-refractivity contribution in [1.82, 2.24) is 9.62 Å². The number of furan rings is 1. The number of halogens is 3.